The Hall–Kier alpha value is -0.340. The van der Waals surface area contributed by atoms with Crippen LogP contribution in [-0.2, 0) is 0 Å². The molecule has 0 spiro atoms. The minimum absolute atomic E-state index is 0.411. The normalized spacial score (nSPS) is 30.4. The Morgan fingerprint density at radius 3 is 2.83 bits per heavy atom. The maximum Gasteiger partial charge on any atom is 0.0108 e. The first-order chi connectivity index (χ1) is 5.88. The Balaban J connectivity index is 2.11. The molecule has 1 saturated carbocycles. The van der Waals surface area contributed by atoms with Crippen LogP contribution < -0.4 is 5.73 Å². The van der Waals surface area contributed by atoms with Gasteiger partial charge in [-0.3, -0.25) is 0 Å². The summed E-state index contributed by atoms with van der Waals surface area (Å²) in [6, 6.07) is 2.63. The van der Waals surface area contributed by atoms with Crippen LogP contribution in [0.1, 0.15) is 37.2 Å². The molecule has 66 valence electrons. The first-order valence-electron chi connectivity index (χ1n) is 4.65. The minimum atomic E-state index is 0.411. The molecule has 2 unspecified atom stereocenters. The average molecular weight is 181 g/mol. The zero-order valence-electron chi connectivity index (χ0n) is 7.20. The molecule has 1 aliphatic rings. The van der Waals surface area contributed by atoms with Gasteiger partial charge in [0.25, 0.3) is 0 Å². The number of thiophene rings is 1. The third-order valence-electron chi connectivity index (χ3n) is 2.79. The Morgan fingerprint density at radius 2 is 2.17 bits per heavy atom. The molecule has 0 aromatic carbocycles. The monoisotopic (exact) mass is 181 g/mol. The van der Waals surface area contributed by atoms with Crippen molar-refractivity contribution < 1.29 is 0 Å². The molecule has 0 aliphatic heterocycles. The lowest BCUT2D eigenvalue weighted by Gasteiger charge is -2.27. The van der Waals surface area contributed by atoms with Crippen LogP contribution in [0.15, 0.2) is 16.8 Å². The highest BCUT2D eigenvalue weighted by atomic mass is 32.1. The van der Waals surface area contributed by atoms with Gasteiger partial charge in [-0.05, 0) is 41.1 Å². The summed E-state index contributed by atoms with van der Waals surface area (Å²) in [4.78, 5) is 0. The molecule has 1 heterocycles. The van der Waals surface area contributed by atoms with Gasteiger partial charge in [-0.2, -0.15) is 11.3 Å². The molecule has 1 nitrogen and oxygen atoms in total. The van der Waals surface area contributed by atoms with Crippen molar-refractivity contribution in [2.75, 3.05) is 0 Å². The van der Waals surface area contributed by atoms with Crippen molar-refractivity contribution >= 4 is 11.3 Å². The SMILES string of the molecule is NC1CCCCC1c1ccsc1. The van der Waals surface area contributed by atoms with Crippen molar-refractivity contribution in [2.45, 2.75) is 37.6 Å². The van der Waals surface area contributed by atoms with Crippen molar-refractivity contribution in [3.8, 4) is 0 Å². The predicted molar refractivity (Wildman–Crippen MR) is 53.5 cm³/mol. The second-order valence-electron chi connectivity index (χ2n) is 3.61. The molecule has 2 N–H and O–H groups in total. The van der Waals surface area contributed by atoms with E-state index in [-0.39, 0.29) is 0 Å². The van der Waals surface area contributed by atoms with Crippen LogP contribution in [0.5, 0.6) is 0 Å². The van der Waals surface area contributed by atoms with Crippen LogP contribution >= 0.6 is 11.3 Å². The summed E-state index contributed by atoms with van der Waals surface area (Å²) in [6.07, 6.45) is 5.18. The van der Waals surface area contributed by atoms with Crippen LogP contribution in [0.3, 0.4) is 0 Å². The lowest BCUT2D eigenvalue weighted by atomic mass is 9.82. The number of hydrogen-bond donors (Lipinski definition) is 1. The maximum absolute atomic E-state index is 6.07. The molecule has 1 aliphatic carbocycles. The van der Waals surface area contributed by atoms with Gasteiger partial charge in [0.2, 0.25) is 0 Å². The van der Waals surface area contributed by atoms with Gasteiger partial charge in [0.1, 0.15) is 0 Å². The van der Waals surface area contributed by atoms with Crippen molar-refractivity contribution in [1.82, 2.24) is 0 Å². The van der Waals surface area contributed by atoms with Crippen LogP contribution in [0.4, 0.5) is 0 Å². The van der Waals surface area contributed by atoms with E-state index in [2.05, 4.69) is 16.8 Å². The molecule has 12 heavy (non-hydrogen) atoms. The summed E-state index contributed by atoms with van der Waals surface area (Å²) >= 11 is 1.78. The quantitative estimate of drug-likeness (QED) is 0.708. The van der Waals surface area contributed by atoms with E-state index < -0.39 is 0 Å². The molecule has 2 rings (SSSR count). The zero-order valence-corrected chi connectivity index (χ0v) is 8.02. The second kappa shape index (κ2) is 3.58. The molecule has 0 bridgehead atoms. The van der Waals surface area contributed by atoms with Crippen molar-refractivity contribution in [2.24, 2.45) is 5.73 Å². The highest BCUT2D eigenvalue weighted by Crippen LogP contribution is 2.32. The van der Waals surface area contributed by atoms with Gasteiger partial charge in [-0.15, -0.1) is 0 Å². The zero-order chi connectivity index (χ0) is 8.39. The summed E-state index contributed by atoms with van der Waals surface area (Å²) in [6.45, 7) is 0. The van der Waals surface area contributed by atoms with Crippen LogP contribution in [0.2, 0.25) is 0 Å². The van der Waals surface area contributed by atoms with Crippen LogP contribution in [-0.4, -0.2) is 6.04 Å². The molecule has 0 saturated heterocycles. The van der Waals surface area contributed by atoms with Gasteiger partial charge >= 0.3 is 0 Å². The van der Waals surface area contributed by atoms with Crippen LogP contribution in [0.25, 0.3) is 0 Å². The fourth-order valence-electron chi connectivity index (χ4n) is 2.06. The van der Waals surface area contributed by atoms with E-state index in [0.29, 0.717) is 12.0 Å². The molecule has 1 aromatic rings. The second-order valence-corrected chi connectivity index (χ2v) is 4.39. The average Bonchev–Trinajstić information content (AvgIpc) is 2.57. The molecule has 0 radical (unpaired) electrons. The van der Waals surface area contributed by atoms with Gasteiger partial charge < -0.3 is 5.73 Å². The van der Waals surface area contributed by atoms with Crippen molar-refractivity contribution in [3.63, 3.8) is 0 Å². The molecule has 2 heteroatoms. The van der Waals surface area contributed by atoms with Gasteiger partial charge in [0.15, 0.2) is 0 Å². The van der Waals surface area contributed by atoms with E-state index in [0.717, 1.165) is 0 Å². The smallest absolute Gasteiger partial charge is 0.0108 e. The third kappa shape index (κ3) is 1.54. The number of rotatable bonds is 1. The van der Waals surface area contributed by atoms with E-state index in [1.165, 1.54) is 31.2 Å². The first-order valence-corrected chi connectivity index (χ1v) is 5.60. The predicted octanol–water partition coefficient (Wildman–Crippen LogP) is 2.73. The molecular weight excluding hydrogens is 166 g/mol. The topological polar surface area (TPSA) is 26.0 Å². The molecule has 1 aromatic heterocycles. The summed E-state index contributed by atoms with van der Waals surface area (Å²) in [5.74, 6) is 0.644. The fourth-order valence-corrected chi connectivity index (χ4v) is 2.78. The number of nitrogens with two attached hydrogens (primary N) is 1. The van der Waals surface area contributed by atoms with Gasteiger partial charge in [-0.25, -0.2) is 0 Å². The van der Waals surface area contributed by atoms with E-state index in [1.54, 1.807) is 11.3 Å². The highest BCUT2D eigenvalue weighted by molar-refractivity contribution is 7.07. The number of hydrogen-bond acceptors (Lipinski definition) is 2. The maximum atomic E-state index is 6.07. The van der Waals surface area contributed by atoms with Gasteiger partial charge in [-0.1, -0.05) is 12.8 Å². The molecule has 0 amide bonds. The summed E-state index contributed by atoms with van der Waals surface area (Å²) in [5, 5.41) is 4.40. The third-order valence-corrected chi connectivity index (χ3v) is 3.49. The van der Waals surface area contributed by atoms with E-state index in [4.69, 9.17) is 5.73 Å². The summed E-state index contributed by atoms with van der Waals surface area (Å²) in [7, 11) is 0. The van der Waals surface area contributed by atoms with E-state index >= 15 is 0 Å². The Labute approximate surface area is 77.6 Å². The molecule has 1 fully saturated rings. The summed E-state index contributed by atoms with van der Waals surface area (Å²) < 4.78 is 0. The van der Waals surface area contributed by atoms with Crippen LogP contribution in [0, 0.1) is 0 Å². The lowest BCUT2D eigenvalue weighted by Crippen LogP contribution is -2.30. The summed E-state index contributed by atoms with van der Waals surface area (Å²) in [5.41, 5.74) is 7.54. The van der Waals surface area contributed by atoms with Gasteiger partial charge in [0.05, 0.1) is 0 Å². The largest absolute Gasteiger partial charge is 0.327 e. The van der Waals surface area contributed by atoms with E-state index in [9.17, 15) is 0 Å². The Morgan fingerprint density at radius 1 is 1.33 bits per heavy atom. The van der Waals surface area contributed by atoms with Gasteiger partial charge in [0, 0.05) is 6.04 Å². The van der Waals surface area contributed by atoms with E-state index in [1.807, 2.05) is 0 Å². The fraction of sp³-hybridized carbons (Fsp3) is 0.600. The van der Waals surface area contributed by atoms with Crippen molar-refractivity contribution in [1.29, 1.82) is 0 Å². The first kappa shape index (κ1) is 8.27. The minimum Gasteiger partial charge on any atom is -0.327 e. The standard InChI is InChI=1S/C10H15NS/c11-10-4-2-1-3-9(10)8-5-6-12-7-8/h5-7,9-10H,1-4,11H2. The lowest BCUT2D eigenvalue weighted by molar-refractivity contribution is 0.386. The Bertz CT molecular complexity index is 230. The van der Waals surface area contributed by atoms with Crippen molar-refractivity contribution in [3.05, 3.63) is 22.4 Å². The highest BCUT2D eigenvalue weighted by Gasteiger charge is 2.23. The molecule has 2 atom stereocenters. The molecular formula is C10H15NS. The Kier molecular flexibility index (Phi) is 2.47.